The molecule has 1 amide bonds. The van der Waals surface area contributed by atoms with Crippen LogP contribution in [0.4, 0.5) is 0 Å². The number of carbonyl (C=O) groups excluding carboxylic acids is 1. The molecule has 1 heterocycles. The van der Waals surface area contributed by atoms with Crippen LogP contribution in [0.2, 0.25) is 0 Å². The summed E-state index contributed by atoms with van der Waals surface area (Å²) in [6, 6.07) is 4.18. The third-order valence-corrected chi connectivity index (χ3v) is 2.90. The summed E-state index contributed by atoms with van der Waals surface area (Å²) in [5, 5.41) is 0. The Morgan fingerprint density at radius 3 is 2.69 bits per heavy atom. The minimum Gasteiger partial charge on any atom is -0.338 e. The zero-order valence-corrected chi connectivity index (χ0v) is 10.3. The molecule has 90 valence electrons. The SMILES string of the molecule is CCCc1ccc(C(=O)NN)n1[C@H](C)CC. The van der Waals surface area contributed by atoms with E-state index < -0.39 is 0 Å². The monoisotopic (exact) mass is 223 g/mol. The Balaban J connectivity index is 3.13. The fourth-order valence-electron chi connectivity index (χ4n) is 1.91. The van der Waals surface area contributed by atoms with Crippen LogP contribution in [0.25, 0.3) is 0 Å². The molecule has 0 saturated heterocycles. The molecule has 0 aromatic carbocycles. The molecule has 4 nitrogen and oxygen atoms in total. The van der Waals surface area contributed by atoms with E-state index in [1.165, 1.54) is 5.69 Å². The highest BCUT2D eigenvalue weighted by Gasteiger charge is 2.16. The standard InChI is InChI=1S/C12H21N3O/c1-4-6-10-7-8-11(12(16)14-13)15(10)9(3)5-2/h7-9H,4-6,13H2,1-3H3,(H,14,16)/t9-/m1/s1. The first-order valence-corrected chi connectivity index (χ1v) is 5.86. The number of nitrogens with one attached hydrogen (secondary N) is 1. The van der Waals surface area contributed by atoms with Gasteiger partial charge in [0.05, 0.1) is 0 Å². The van der Waals surface area contributed by atoms with Crippen LogP contribution < -0.4 is 11.3 Å². The van der Waals surface area contributed by atoms with Gasteiger partial charge in [0.15, 0.2) is 0 Å². The predicted molar refractivity (Wildman–Crippen MR) is 65.1 cm³/mol. The van der Waals surface area contributed by atoms with Gasteiger partial charge in [-0.25, -0.2) is 5.84 Å². The van der Waals surface area contributed by atoms with Gasteiger partial charge in [0.2, 0.25) is 0 Å². The van der Waals surface area contributed by atoms with Crippen LogP contribution in [0.5, 0.6) is 0 Å². The minimum absolute atomic E-state index is 0.220. The van der Waals surface area contributed by atoms with Gasteiger partial charge >= 0.3 is 0 Å². The number of carbonyl (C=O) groups is 1. The number of hydrogen-bond donors (Lipinski definition) is 2. The van der Waals surface area contributed by atoms with Crippen LogP contribution >= 0.6 is 0 Å². The maximum atomic E-state index is 11.6. The quantitative estimate of drug-likeness (QED) is 0.456. The van der Waals surface area contributed by atoms with Gasteiger partial charge in [0.25, 0.3) is 5.91 Å². The number of nitrogens with two attached hydrogens (primary N) is 1. The summed E-state index contributed by atoms with van der Waals surface area (Å²) in [5.41, 5.74) is 4.05. The Morgan fingerprint density at radius 1 is 1.50 bits per heavy atom. The molecule has 0 bridgehead atoms. The fourth-order valence-corrected chi connectivity index (χ4v) is 1.91. The van der Waals surface area contributed by atoms with E-state index in [1.807, 2.05) is 12.1 Å². The highest BCUT2D eigenvalue weighted by Crippen LogP contribution is 2.20. The van der Waals surface area contributed by atoms with E-state index in [0.29, 0.717) is 11.7 Å². The topological polar surface area (TPSA) is 60.1 Å². The van der Waals surface area contributed by atoms with E-state index in [0.717, 1.165) is 19.3 Å². The van der Waals surface area contributed by atoms with Crippen LogP contribution in [-0.4, -0.2) is 10.5 Å². The maximum Gasteiger partial charge on any atom is 0.281 e. The Kier molecular flexibility index (Phi) is 4.55. The van der Waals surface area contributed by atoms with E-state index in [2.05, 4.69) is 30.8 Å². The van der Waals surface area contributed by atoms with Gasteiger partial charge in [0.1, 0.15) is 5.69 Å². The Bertz CT molecular complexity index is 357. The van der Waals surface area contributed by atoms with Crippen molar-refractivity contribution in [1.29, 1.82) is 0 Å². The average Bonchev–Trinajstić information content (AvgIpc) is 2.71. The first kappa shape index (κ1) is 12.8. The lowest BCUT2D eigenvalue weighted by Crippen LogP contribution is -2.32. The molecule has 0 aliphatic carbocycles. The number of nitrogens with zero attached hydrogens (tertiary/aromatic N) is 1. The predicted octanol–water partition coefficient (Wildman–Crippen LogP) is 2.02. The van der Waals surface area contributed by atoms with Gasteiger partial charge in [0, 0.05) is 11.7 Å². The summed E-state index contributed by atoms with van der Waals surface area (Å²) in [6.07, 6.45) is 3.06. The summed E-state index contributed by atoms with van der Waals surface area (Å²) in [7, 11) is 0. The van der Waals surface area contributed by atoms with Crippen molar-refractivity contribution in [2.45, 2.75) is 46.1 Å². The summed E-state index contributed by atoms with van der Waals surface area (Å²) >= 11 is 0. The van der Waals surface area contributed by atoms with Crippen molar-refractivity contribution in [3.05, 3.63) is 23.5 Å². The molecule has 0 radical (unpaired) electrons. The van der Waals surface area contributed by atoms with E-state index in [9.17, 15) is 4.79 Å². The molecule has 0 saturated carbocycles. The number of rotatable bonds is 5. The molecule has 1 aromatic heterocycles. The van der Waals surface area contributed by atoms with Crippen LogP contribution in [0.15, 0.2) is 12.1 Å². The van der Waals surface area contributed by atoms with E-state index in [1.54, 1.807) is 0 Å². The van der Waals surface area contributed by atoms with E-state index >= 15 is 0 Å². The second-order valence-corrected chi connectivity index (χ2v) is 4.06. The lowest BCUT2D eigenvalue weighted by molar-refractivity contribution is 0.0942. The number of hydrazine groups is 1. The van der Waals surface area contributed by atoms with Gasteiger partial charge in [-0.05, 0) is 31.9 Å². The first-order valence-electron chi connectivity index (χ1n) is 5.86. The van der Waals surface area contributed by atoms with Crippen LogP contribution in [0.3, 0.4) is 0 Å². The van der Waals surface area contributed by atoms with Crippen molar-refractivity contribution in [1.82, 2.24) is 9.99 Å². The van der Waals surface area contributed by atoms with Crippen molar-refractivity contribution < 1.29 is 4.79 Å². The van der Waals surface area contributed by atoms with Gasteiger partial charge in [-0.15, -0.1) is 0 Å². The third kappa shape index (κ3) is 2.44. The van der Waals surface area contributed by atoms with Crippen molar-refractivity contribution >= 4 is 5.91 Å². The fraction of sp³-hybridized carbons (Fsp3) is 0.583. The Hall–Kier alpha value is -1.29. The Morgan fingerprint density at radius 2 is 2.19 bits per heavy atom. The van der Waals surface area contributed by atoms with E-state index in [-0.39, 0.29) is 5.91 Å². The van der Waals surface area contributed by atoms with Crippen molar-refractivity contribution in [3.8, 4) is 0 Å². The molecular formula is C12H21N3O. The van der Waals surface area contributed by atoms with Crippen LogP contribution in [0, 0.1) is 0 Å². The van der Waals surface area contributed by atoms with Gasteiger partial charge in [-0.2, -0.15) is 0 Å². The number of nitrogen functional groups attached to an aromatic ring is 1. The summed E-state index contributed by atoms with van der Waals surface area (Å²) in [4.78, 5) is 11.6. The molecule has 1 atom stereocenters. The van der Waals surface area contributed by atoms with Crippen LogP contribution in [-0.2, 0) is 6.42 Å². The molecule has 0 unspecified atom stereocenters. The smallest absolute Gasteiger partial charge is 0.281 e. The normalized spacial score (nSPS) is 12.5. The Labute approximate surface area is 96.8 Å². The number of hydrogen-bond acceptors (Lipinski definition) is 2. The second-order valence-electron chi connectivity index (χ2n) is 4.06. The van der Waals surface area contributed by atoms with Gasteiger partial charge in [-0.3, -0.25) is 10.2 Å². The maximum absolute atomic E-state index is 11.6. The zero-order valence-electron chi connectivity index (χ0n) is 10.3. The molecule has 0 fully saturated rings. The van der Waals surface area contributed by atoms with E-state index in [4.69, 9.17) is 5.84 Å². The molecule has 0 aliphatic heterocycles. The second kappa shape index (κ2) is 5.70. The van der Waals surface area contributed by atoms with Crippen molar-refractivity contribution in [2.75, 3.05) is 0 Å². The summed E-state index contributed by atoms with van der Waals surface area (Å²) in [6.45, 7) is 6.37. The summed E-state index contributed by atoms with van der Waals surface area (Å²) in [5.74, 6) is 4.97. The van der Waals surface area contributed by atoms with Crippen molar-refractivity contribution in [3.63, 3.8) is 0 Å². The molecule has 0 spiro atoms. The third-order valence-electron chi connectivity index (χ3n) is 2.90. The molecule has 3 N–H and O–H groups in total. The first-order chi connectivity index (χ1) is 7.65. The van der Waals surface area contributed by atoms with Gasteiger partial charge < -0.3 is 4.57 Å². The molecule has 1 rings (SSSR count). The minimum atomic E-state index is -0.220. The molecule has 1 aromatic rings. The molecule has 16 heavy (non-hydrogen) atoms. The largest absolute Gasteiger partial charge is 0.338 e. The lowest BCUT2D eigenvalue weighted by Gasteiger charge is -2.18. The van der Waals surface area contributed by atoms with Crippen molar-refractivity contribution in [2.24, 2.45) is 5.84 Å². The zero-order chi connectivity index (χ0) is 12.1. The molecular weight excluding hydrogens is 202 g/mol. The molecule has 4 heteroatoms. The highest BCUT2D eigenvalue weighted by molar-refractivity contribution is 5.92. The van der Waals surface area contributed by atoms with Gasteiger partial charge in [-0.1, -0.05) is 20.3 Å². The lowest BCUT2D eigenvalue weighted by atomic mass is 10.2. The average molecular weight is 223 g/mol. The number of amides is 1. The summed E-state index contributed by atoms with van der Waals surface area (Å²) < 4.78 is 2.09. The van der Waals surface area contributed by atoms with Crippen LogP contribution in [0.1, 0.15) is 55.8 Å². The number of aromatic nitrogens is 1. The molecule has 0 aliphatic rings. The number of aryl methyl sites for hydroxylation is 1. The highest BCUT2D eigenvalue weighted by atomic mass is 16.2.